The van der Waals surface area contributed by atoms with Gasteiger partial charge in [-0.2, -0.15) is 0 Å². The van der Waals surface area contributed by atoms with Crippen molar-refractivity contribution in [3.05, 3.63) is 156 Å². The highest BCUT2D eigenvalue weighted by Crippen LogP contribution is 2.34. The van der Waals surface area contributed by atoms with Gasteiger partial charge in [-0.1, -0.05) is 84.9 Å². The molecule has 0 saturated heterocycles. The summed E-state index contributed by atoms with van der Waals surface area (Å²) in [6.45, 7) is 4.42. The Balaban J connectivity index is 1.29. The summed E-state index contributed by atoms with van der Waals surface area (Å²) in [7, 11) is 0. The van der Waals surface area contributed by atoms with Crippen molar-refractivity contribution in [2.75, 3.05) is 4.90 Å². The van der Waals surface area contributed by atoms with Crippen molar-refractivity contribution in [1.29, 1.82) is 0 Å². The summed E-state index contributed by atoms with van der Waals surface area (Å²) in [6, 6.07) is 47.1. The maximum atomic E-state index is 2.35. The number of fused-ring (bicyclic) bond motifs is 1. The molecule has 0 bridgehead atoms. The predicted octanol–water partition coefficient (Wildman–Crippen LogP) is 9.89. The Labute approximate surface area is 224 Å². The van der Waals surface area contributed by atoms with E-state index in [2.05, 4.69) is 169 Å². The molecule has 6 rings (SSSR count). The van der Waals surface area contributed by atoms with Gasteiger partial charge in [-0.15, -0.1) is 0 Å². The number of nitrogens with zero attached hydrogens (tertiary/aromatic N) is 2. The minimum atomic E-state index is 1.13. The molecule has 38 heavy (non-hydrogen) atoms. The van der Waals surface area contributed by atoms with E-state index in [1.165, 1.54) is 39.0 Å². The topological polar surface area (TPSA) is 8.17 Å². The van der Waals surface area contributed by atoms with Crippen LogP contribution in [0.25, 0.3) is 28.7 Å². The fourth-order valence-corrected chi connectivity index (χ4v) is 5.13. The second-order valence-electron chi connectivity index (χ2n) is 9.59. The normalized spacial score (nSPS) is 11.3. The van der Waals surface area contributed by atoms with E-state index >= 15 is 0 Å². The van der Waals surface area contributed by atoms with E-state index in [0.717, 1.165) is 17.1 Å². The molecular weight excluding hydrogens is 460 g/mol. The highest BCUT2D eigenvalue weighted by molar-refractivity contribution is 5.90. The lowest BCUT2D eigenvalue weighted by atomic mass is 10.1. The first kappa shape index (κ1) is 23.6. The molecule has 5 aromatic carbocycles. The van der Waals surface area contributed by atoms with Crippen molar-refractivity contribution in [3.63, 3.8) is 0 Å². The number of aromatic nitrogens is 1. The zero-order valence-electron chi connectivity index (χ0n) is 21.8. The molecule has 0 atom stereocenters. The predicted molar refractivity (Wildman–Crippen MR) is 163 cm³/mol. The van der Waals surface area contributed by atoms with Gasteiger partial charge in [0, 0.05) is 33.8 Å². The van der Waals surface area contributed by atoms with E-state index in [0.29, 0.717) is 0 Å². The Morgan fingerprint density at radius 1 is 0.526 bits per heavy atom. The van der Waals surface area contributed by atoms with Gasteiger partial charge in [0.05, 0.1) is 5.52 Å². The summed E-state index contributed by atoms with van der Waals surface area (Å²) in [4.78, 5) is 2.28. The van der Waals surface area contributed by atoms with E-state index in [1.807, 2.05) is 0 Å². The van der Waals surface area contributed by atoms with Crippen molar-refractivity contribution < 1.29 is 0 Å². The van der Waals surface area contributed by atoms with Crippen molar-refractivity contribution in [1.82, 2.24) is 4.57 Å². The number of hydrogen-bond acceptors (Lipinski definition) is 1. The van der Waals surface area contributed by atoms with Crippen molar-refractivity contribution >= 4 is 40.1 Å². The number of benzene rings is 5. The summed E-state index contributed by atoms with van der Waals surface area (Å²) in [5.74, 6) is 0. The second kappa shape index (κ2) is 10.3. The van der Waals surface area contributed by atoms with E-state index in [4.69, 9.17) is 0 Å². The summed E-state index contributed by atoms with van der Waals surface area (Å²) >= 11 is 0. The van der Waals surface area contributed by atoms with Crippen LogP contribution in [0.5, 0.6) is 0 Å². The van der Waals surface area contributed by atoms with Gasteiger partial charge in [0.1, 0.15) is 0 Å². The standard InChI is InChI=1S/C36H30N2/c1-27-28(2)37(31-12-6-3-7-13-31)36-25-22-30(26-35(27)36)19-18-29-20-23-34(24-21-29)38(32-14-8-4-9-15-32)33-16-10-5-11-17-33/h3-26H,1-2H3. The molecule has 6 aromatic rings. The van der Waals surface area contributed by atoms with E-state index in [9.17, 15) is 0 Å². The van der Waals surface area contributed by atoms with Crippen LogP contribution in [0.2, 0.25) is 0 Å². The fraction of sp³-hybridized carbons (Fsp3) is 0.0556. The Bertz CT molecular complexity index is 1660. The van der Waals surface area contributed by atoms with Gasteiger partial charge in [-0.05, 0) is 91.2 Å². The van der Waals surface area contributed by atoms with Crippen LogP contribution in [0.3, 0.4) is 0 Å². The third kappa shape index (κ3) is 4.53. The maximum absolute atomic E-state index is 2.35. The van der Waals surface area contributed by atoms with E-state index in [1.54, 1.807) is 0 Å². The average molecular weight is 491 g/mol. The average Bonchev–Trinajstić information content (AvgIpc) is 3.23. The van der Waals surface area contributed by atoms with Gasteiger partial charge in [0.2, 0.25) is 0 Å². The fourth-order valence-electron chi connectivity index (χ4n) is 5.13. The number of rotatable bonds is 6. The molecule has 0 amide bonds. The molecule has 2 heteroatoms. The van der Waals surface area contributed by atoms with Gasteiger partial charge in [0.25, 0.3) is 0 Å². The first-order valence-corrected chi connectivity index (χ1v) is 13.0. The number of aryl methyl sites for hydroxylation is 1. The molecule has 184 valence electrons. The molecule has 1 heterocycles. The highest BCUT2D eigenvalue weighted by Gasteiger charge is 2.13. The maximum Gasteiger partial charge on any atom is 0.0534 e. The van der Waals surface area contributed by atoms with Crippen LogP contribution >= 0.6 is 0 Å². The Morgan fingerprint density at radius 2 is 1.03 bits per heavy atom. The van der Waals surface area contributed by atoms with Crippen LogP contribution in [-0.4, -0.2) is 4.57 Å². The largest absolute Gasteiger partial charge is 0.314 e. The minimum absolute atomic E-state index is 1.13. The summed E-state index contributed by atoms with van der Waals surface area (Å²) in [6.07, 6.45) is 4.39. The lowest BCUT2D eigenvalue weighted by molar-refractivity contribution is 1.04. The number of hydrogen-bond donors (Lipinski definition) is 0. The zero-order valence-corrected chi connectivity index (χ0v) is 21.8. The molecule has 0 spiro atoms. The number of anilines is 3. The first-order valence-electron chi connectivity index (χ1n) is 13.0. The highest BCUT2D eigenvalue weighted by atomic mass is 15.1. The second-order valence-corrected chi connectivity index (χ2v) is 9.59. The van der Waals surface area contributed by atoms with Gasteiger partial charge in [-0.25, -0.2) is 0 Å². The summed E-state index contributed by atoms with van der Waals surface area (Å²) in [5.41, 5.74) is 10.8. The molecule has 0 saturated carbocycles. The van der Waals surface area contributed by atoms with Crippen LogP contribution in [-0.2, 0) is 0 Å². The minimum Gasteiger partial charge on any atom is -0.314 e. The van der Waals surface area contributed by atoms with Crippen LogP contribution in [0, 0.1) is 13.8 Å². The molecule has 0 unspecified atom stereocenters. The molecule has 1 aromatic heterocycles. The summed E-state index contributed by atoms with van der Waals surface area (Å²) < 4.78 is 2.35. The molecule has 0 radical (unpaired) electrons. The molecule has 0 aliphatic heterocycles. The lowest BCUT2D eigenvalue weighted by Gasteiger charge is -2.25. The molecule has 0 aliphatic carbocycles. The molecule has 0 fully saturated rings. The van der Waals surface area contributed by atoms with Crippen LogP contribution < -0.4 is 4.90 Å². The monoisotopic (exact) mass is 490 g/mol. The molecule has 0 aliphatic rings. The zero-order chi connectivity index (χ0) is 25.9. The van der Waals surface area contributed by atoms with Gasteiger partial charge in [-0.3, -0.25) is 0 Å². The third-order valence-electron chi connectivity index (χ3n) is 7.21. The third-order valence-corrected chi connectivity index (χ3v) is 7.21. The Hall–Kier alpha value is -4.82. The Kier molecular flexibility index (Phi) is 6.37. The van der Waals surface area contributed by atoms with Crippen LogP contribution in [0.1, 0.15) is 22.4 Å². The van der Waals surface area contributed by atoms with Crippen LogP contribution in [0.15, 0.2) is 133 Å². The lowest BCUT2D eigenvalue weighted by Crippen LogP contribution is -2.09. The van der Waals surface area contributed by atoms with E-state index in [-0.39, 0.29) is 0 Å². The summed E-state index contributed by atoms with van der Waals surface area (Å²) in [5, 5.41) is 1.30. The smallest absolute Gasteiger partial charge is 0.0534 e. The van der Waals surface area contributed by atoms with E-state index < -0.39 is 0 Å². The molecular formula is C36H30N2. The molecule has 2 nitrogen and oxygen atoms in total. The van der Waals surface area contributed by atoms with Crippen molar-refractivity contribution in [2.45, 2.75) is 13.8 Å². The van der Waals surface area contributed by atoms with Crippen LogP contribution in [0.4, 0.5) is 17.1 Å². The quantitative estimate of drug-likeness (QED) is 0.211. The first-order chi connectivity index (χ1) is 18.7. The van der Waals surface area contributed by atoms with Crippen molar-refractivity contribution in [3.8, 4) is 5.69 Å². The number of para-hydroxylation sites is 3. The van der Waals surface area contributed by atoms with Gasteiger partial charge in [0.15, 0.2) is 0 Å². The SMILES string of the molecule is Cc1c(C)n(-c2ccccc2)c2ccc(C=Cc3ccc(N(c4ccccc4)c4ccccc4)cc3)cc12. The van der Waals surface area contributed by atoms with Gasteiger partial charge < -0.3 is 9.47 Å². The Morgan fingerprint density at radius 3 is 1.63 bits per heavy atom. The van der Waals surface area contributed by atoms with Gasteiger partial charge >= 0.3 is 0 Å². The molecule has 0 N–H and O–H groups in total. The van der Waals surface area contributed by atoms with Crippen molar-refractivity contribution in [2.24, 2.45) is 0 Å².